The summed E-state index contributed by atoms with van der Waals surface area (Å²) >= 11 is 0. The predicted octanol–water partition coefficient (Wildman–Crippen LogP) is 3.97. The molecule has 100 valence electrons. The Bertz CT molecular complexity index is 749. The molecule has 0 amide bonds. The number of rotatable bonds is 3. The van der Waals surface area contributed by atoms with Crippen molar-refractivity contribution in [3.63, 3.8) is 0 Å². The van der Waals surface area contributed by atoms with Crippen LogP contribution in [-0.4, -0.2) is 7.11 Å². The minimum absolute atomic E-state index is 0.568. The third-order valence-electron chi connectivity index (χ3n) is 3.54. The van der Waals surface area contributed by atoms with Gasteiger partial charge < -0.3 is 10.5 Å². The molecule has 0 aliphatic rings. The number of benzene rings is 3. The molecule has 3 aromatic carbocycles. The largest absolute Gasteiger partial charge is 0.497 e. The van der Waals surface area contributed by atoms with Crippen LogP contribution in [0.25, 0.3) is 21.9 Å². The molecule has 0 aromatic heterocycles. The first kappa shape index (κ1) is 12.7. The van der Waals surface area contributed by atoms with E-state index in [1.165, 1.54) is 21.9 Å². The van der Waals surface area contributed by atoms with Crippen molar-refractivity contribution in [2.75, 3.05) is 7.11 Å². The summed E-state index contributed by atoms with van der Waals surface area (Å²) in [6.45, 7) is 0.568. The van der Waals surface area contributed by atoms with Gasteiger partial charge in [-0.25, -0.2) is 0 Å². The first-order valence-corrected chi connectivity index (χ1v) is 6.67. The van der Waals surface area contributed by atoms with E-state index >= 15 is 0 Å². The van der Waals surface area contributed by atoms with Gasteiger partial charge in [0.05, 0.1) is 7.11 Å². The Morgan fingerprint density at radius 2 is 1.60 bits per heavy atom. The molecule has 0 radical (unpaired) electrons. The molecule has 0 atom stereocenters. The van der Waals surface area contributed by atoms with E-state index in [2.05, 4.69) is 54.6 Å². The molecular weight excluding hydrogens is 246 g/mol. The average molecular weight is 263 g/mol. The topological polar surface area (TPSA) is 35.2 Å². The number of nitrogens with two attached hydrogens (primary N) is 1. The van der Waals surface area contributed by atoms with Crippen LogP contribution in [-0.2, 0) is 6.54 Å². The molecule has 0 saturated heterocycles. The van der Waals surface area contributed by atoms with E-state index in [0.717, 1.165) is 11.3 Å². The quantitative estimate of drug-likeness (QED) is 0.776. The molecule has 0 saturated carbocycles. The fourth-order valence-electron chi connectivity index (χ4n) is 2.41. The van der Waals surface area contributed by atoms with Gasteiger partial charge in [-0.1, -0.05) is 36.4 Å². The highest BCUT2D eigenvalue weighted by molar-refractivity contribution is 5.88. The number of hydrogen-bond donors (Lipinski definition) is 1. The zero-order valence-corrected chi connectivity index (χ0v) is 11.5. The summed E-state index contributed by atoms with van der Waals surface area (Å²) in [5.74, 6) is 0.885. The van der Waals surface area contributed by atoms with Crippen LogP contribution < -0.4 is 10.5 Å². The lowest BCUT2D eigenvalue weighted by Gasteiger charge is -2.07. The van der Waals surface area contributed by atoms with Gasteiger partial charge in [0.25, 0.3) is 0 Å². The molecule has 0 aliphatic carbocycles. The van der Waals surface area contributed by atoms with Gasteiger partial charge in [0, 0.05) is 6.54 Å². The molecule has 0 unspecified atom stereocenters. The maximum atomic E-state index is 5.71. The highest BCUT2D eigenvalue weighted by atomic mass is 16.5. The molecular formula is C18H17NO. The van der Waals surface area contributed by atoms with Gasteiger partial charge in [-0.15, -0.1) is 0 Å². The summed E-state index contributed by atoms with van der Waals surface area (Å²) < 4.78 is 5.25. The van der Waals surface area contributed by atoms with Crippen LogP contribution in [0.3, 0.4) is 0 Å². The summed E-state index contributed by atoms with van der Waals surface area (Å²) in [6, 6.07) is 21.0. The minimum Gasteiger partial charge on any atom is -0.497 e. The molecule has 0 spiro atoms. The lowest BCUT2D eigenvalue weighted by Crippen LogP contribution is -1.95. The Kier molecular flexibility index (Phi) is 3.40. The van der Waals surface area contributed by atoms with Gasteiger partial charge in [-0.3, -0.25) is 0 Å². The Morgan fingerprint density at radius 1 is 0.850 bits per heavy atom. The second-order valence-electron chi connectivity index (χ2n) is 4.83. The van der Waals surface area contributed by atoms with Crippen molar-refractivity contribution >= 4 is 10.8 Å². The molecule has 0 aliphatic heterocycles. The van der Waals surface area contributed by atoms with Crippen LogP contribution in [0.15, 0.2) is 60.7 Å². The highest BCUT2D eigenvalue weighted by Gasteiger charge is 2.02. The summed E-state index contributed by atoms with van der Waals surface area (Å²) in [5, 5.41) is 2.39. The summed E-state index contributed by atoms with van der Waals surface area (Å²) in [4.78, 5) is 0. The van der Waals surface area contributed by atoms with Gasteiger partial charge in [0.1, 0.15) is 5.75 Å². The van der Waals surface area contributed by atoms with Gasteiger partial charge in [0.2, 0.25) is 0 Å². The number of hydrogen-bond acceptors (Lipinski definition) is 2. The molecule has 2 N–H and O–H groups in total. The van der Waals surface area contributed by atoms with Crippen LogP contribution in [0.1, 0.15) is 5.56 Å². The van der Waals surface area contributed by atoms with Gasteiger partial charge in [-0.2, -0.15) is 0 Å². The summed E-state index contributed by atoms with van der Waals surface area (Å²) in [7, 11) is 1.69. The van der Waals surface area contributed by atoms with Crippen molar-refractivity contribution in [3.8, 4) is 16.9 Å². The molecule has 2 heteroatoms. The lowest BCUT2D eigenvalue weighted by atomic mass is 9.99. The van der Waals surface area contributed by atoms with Crippen LogP contribution in [0, 0.1) is 0 Å². The number of ether oxygens (including phenoxy) is 1. The smallest absolute Gasteiger partial charge is 0.119 e. The van der Waals surface area contributed by atoms with E-state index in [9.17, 15) is 0 Å². The van der Waals surface area contributed by atoms with Crippen LogP contribution in [0.2, 0.25) is 0 Å². The van der Waals surface area contributed by atoms with Crippen molar-refractivity contribution in [2.24, 2.45) is 5.73 Å². The minimum atomic E-state index is 0.568. The van der Waals surface area contributed by atoms with Gasteiger partial charge >= 0.3 is 0 Å². The van der Waals surface area contributed by atoms with Crippen molar-refractivity contribution in [1.29, 1.82) is 0 Å². The molecule has 3 rings (SSSR count). The summed E-state index contributed by atoms with van der Waals surface area (Å²) in [6.07, 6.45) is 0. The van der Waals surface area contributed by atoms with Crippen molar-refractivity contribution < 1.29 is 4.74 Å². The molecule has 0 fully saturated rings. The molecule has 0 heterocycles. The SMILES string of the molecule is COc1ccc2cc(-c3cccc(CN)c3)ccc2c1. The van der Waals surface area contributed by atoms with Crippen LogP contribution in [0.5, 0.6) is 5.75 Å². The van der Waals surface area contributed by atoms with Crippen molar-refractivity contribution in [2.45, 2.75) is 6.54 Å². The van der Waals surface area contributed by atoms with Crippen LogP contribution in [0.4, 0.5) is 0 Å². The van der Waals surface area contributed by atoms with Crippen LogP contribution >= 0.6 is 0 Å². The standard InChI is InChI=1S/C18H17NO/c1-20-18-8-7-16-10-15(5-6-17(16)11-18)14-4-2-3-13(9-14)12-19/h2-11H,12,19H2,1H3. The highest BCUT2D eigenvalue weighted by Crippen LogP contribution is 2.27. The second kappa shape index (κ2) is 5.35. The van der Waals surface area contributed by atoms with E-state index in [1.807, 2.05) is 6.07 Å². The zero-order chi connectivity index (χ0) is 13.9. The molecule has 0 bridgehead atoms. The normalized spacial score (nSPS) is 10.7. The van der Waals surface area contributed by atoms with E-state index < -0.39 is 0 Å². The van der Waals surface area contributed by atoms with Gasteiger partial charge in [0.15, 0.2) is 0 Å². The third-order valence-corrected chi connectivity index (χ3v) is 3.54. The van der Waals surface area contributed by atoms with E-state index in [4.69, 9.17) is 10.5 Å². The number of fused-ring (bicyclic) bond motifs is 1. The van der Waals surface area contributed by atoms with E-state index in [-0.39, 0.29) is 0 Å². The average Bonchev–Trinajstić information content (AvgIpc) is 2.54. The Balaban J connectivity index is 2.08. The molecule has 3 aromatic rings. The predicted molar refractivity (Wildman–Crippen MR) is 83.8 cm³/mol. The zero-order valence-electron chi connectivity index (χ0n) is 11.5. The number of methoxy groups -OCH3 is 1. The Morgan fingerprint density at radius 3 is 2.40 bits per heavy atom. The van der Waals surface area contributed by atoms with E-state index in [0.29, 0.717) is 6.54 Å². The maximum absolute atomic E-state index is 5.71. The Hall–Kier alpha value is -2.32. The first-order valence-electron chi connectivity index (χ1n) is 6.67. The molecule has 2 nitrogen and oxygen atoms in total. The summed E-state index contributed by atoms with van der Waals surface area (Å²) in [5.41, 5.74) is 9.26. The van der Waals surface area contributed by atoms with Gasteiger partial charge in [-0.05, 0) is 51.7 Å². The van der Waals surface area contributed by atoms with E-state index in [1.54, 1.807) is 7.11 Å². The maximum Gasteiger partial charge on any atom is 0.119 e. The fraction of sp³-hybridized carbons (Fsp3) is 0.111. The second-order valence-corrected chi connectivity index (χ2v) is 4.83. The molecule has 20 heavy (non-hydrogen) atoms. The monoisotopic (exact) mass is 263 g/mol. The third kappa shape index (κ3) is 2.38. The van der Waals surface area contributed by atoms with Crippen molar-refractivity contribution in [1.82, 2.24) is 0 Å². The lowest BCUT2D eigenvalue weighted by molar-refractivity contribution is 0.415. The Labute approximate surface area is 118 Å². The van der Waals surface area contributed by atoms with Crippen molar-refractivity contribution in [3.05, 3.63) is 66.2 Å². The first-order chi connectivity index (χ1) is 9.80. The fourth-order valence-corrected chi connectivity index (χ4v) is 2.41.